The summed E-state index contributed by atoms with van der Waals surface area (Å²) < 4.78 is 8.63. The van der Waals surface area contributed by atoms with Crippen molar-refractivity contribution in [1.29, 1.82) is 0 Å². The summed E-state index contributed by atoms with van der Waals surface area (Å²) in [5.74, 6) is 1.24. The van der Waals surface area contributed by atoms with Crippen LogP contribution in [0.2, 0.25) is 0 Å². The van der Waals surface area contributed by atoms with Crippen LogP contribution in [0.5, 0.6) is 0 Å². The van der Waals surface area contributed by atoms with E-state index in [1.807, 2.05) is 0 Å². The van der Waals surface area contributed by atoms with Gasteiger partial charge in [0.25, 0.3) is 0 Å². The molecule has 0 saturated heterocycles. The van der Waals surface area contributed by atoms with Crippen molar-refractivity contribution >= 4 is 22.1 Å². The van der Waals surface area contributed by atoms with Crippen molar-refractivity contribution in [2.45, 2.75) is 73.1 Å². The van der Waals surface area contributed by atoms with Gasteiger partial charge in [0.15, 0.2) is 0 Å². The lowest BCUT2D eigenvalue weighted by atomic mass is 9.81. The summed E-state index contributed by atoms with van der Waals surface area (Å²) in [7, 11) is 4.16. The maximum absolute atomic E-state index is 3.63. The lowest BCUT2D eigenvalue weighted by Crippen LogP contribution is -2.33. The van der Waals surface area contributed by atoms with Gasteiger partial charge in [0.05, 0.1) is 36.2 Å². The Morgan fingerprint density at radius 2 is 1.12 bits per heavy atom. The van der Waals surface area contributed by atoms with Gasteiger partial charge in [0, 0.05) is 11.4 Å². The molecular weight excluding hydrogens is 524 g/mol. The number of para-hydroxylation sites is 2. The predicted molar refractivity (Wildman–Crippen MR) is 177 cm³/mol. The summed E-state index contributed by atoms with van der Waals surface area (Å²) in [6, 6.07) is 25.0. The molecule has 4 heteroatoms. The molecule has 0 amide bonds. The molecule has 0 N–H and O–H groups in total. The lowest BCUT2D eigenvalue weighted by Gasteiger charge is -2.24. The average molecular weight is 569 g/mol. The van der Waals surface area contributed by atoms with Crippen LogP contribution in [0.15, 0.2) is 66.7 Å². The largest absolute Gasteiger partial charge is 0.320 e. The molecule has 0 unspecified atom stereocenters. The van der Waals surface area contributed by atoms with E-state index in [0.29, 0.717) is 17.8 Å². The minimum absolute atomic E-state index is 0.387. The number of aromatic nitrogens is 4. The summed E-state index contributed by atoms with van der Waals surface area (Å²) >= 11 is 0. The van der Waals surface area contributed by atoms with Gasteiger partial charge in [-0.2, -0.15) is 0 Å². The first-order valence-corrected chi connectivity index (χ1v) is 15.6. The van der Waals surface area contributed by atoms with E-state index in [2.05, 4.69) is 167 Å². The molecule has 0 saturated carbocycles. The van der Waals surface area contributed by atoms with Crippen LogP contribution in [0.1, 0.15) is 87.1 Å². The van der Waals surface area contributed by atoms with Crippen LogP contribution < -0.4 is 9.13 Å². The van der Waals surface area contributed by atoms with Crippen molar-refractivity contribution in [3.63, 3.8) is 0 Å². The molecule has 43 heavy (non-hydrogen) atoms. The fraction of sp³-hybridized carbons (Fsp3) is 0.333. The monoisotopic (exact) mass is 568 g/mol. The van der Waals surface area contributed by atoms with Gasteiger partial charge in [0.2, 0.25) is 12.7 Å². The molecule has 0 atom stereocenters. The Balaban J connectivity index is 1.72. The molecule has 6 aromatic rings. The molecule has 0 aliphatic carbocycles. The van der Waals surface area contributed by atoms with Crippen LogP contribution in [0.3, 0.4) is 0 Å². The highest BCUT2D eigenvalue weighted by atomic mass is 15.1. The van der Waals surface area contributed by atoms with Crippen LogP contribution >= 0.6 is 0 Å². The Bertz CT molecular complexity index is 1970. The highest BCUT2D eigenvalue weighted by Gasteiger charge is 2.21. The topological polar surface area (TPSA) is 17.6 Å². The summed E-state index contributed by atoms with van der Waals surface area (Å²) in [4.78, 5) is 0. The van der Waals surface area contributed by atoms with Crippen LogP contribution in [0.4, 0.5) is 0 Å². The number of hydrogen-bond donors (Lipinski definition) is 0. The smallest absolute Gasteiger partial charge is 0.244 e. The van der Waals surface area contributed by atoms with Crippen molar-refractivity contribution < 1.29 is 9.13 Å². The highest BCUT2D eigenvalue weighted by Crippen LogP contribution is 2.40. The zero-order valence-electron chi connectivity index (χ0n) is 27.4. The minimum atomic E-state index is 0.387. The zero-order chi connectivity index (χ0) is 30.7. The van der Waals surface area contributed by atoms with Gasteiger partial charge in [0.1, 0.15) is 0 Å². The highest BCUT2D eigenvalue weighted by molar-refractivity contribution is 5.78. The second-order valence-electron chi connectivity index (χ2n) is 13.2. The van der Waals surface area contributed by atoms with Gasteiger partial charge in [-0.25, -0.2) is 0 Å². The summed E-state index contributed by atoms with van der Waals surface area (Å²) in [6.07, 6.45) is 7.22. The molecule has 0 fully saturated rings. The maximum atomic E-state index is 3.63. The Morgan fingerprint density at radius 1 is 0.581 bits per heavy atom. The fourth-order valence-electron chi connectivity index (χ4n) is 6.37. The molecule has 0 aliphatic rings. The van der Waals surface area contributed by atoms with Crippen LogP contribution in [0.25, 0.3) is 44.6 Å². The molecule has 2 heterocycles. The second-order valence-corrected chi connectivity index (χ2v) is 13.2. The van der Waals surface area contributed by atoms with E-state index in [1.165, 1.54) is 44.5 Å². The Morgan fingerprint density at radius 3 is 1.70 bits per heavy atom. The van der Waals surface area contributed by atoms with Crippen molar-refractivity contribution in [2.75, 3.05) is 0 Å². The fourth-order valence-corrected chi connectivity index (χ4v) is 6.37. The SMILES string of the molecule is Cc1cc2c(cc1C)[n+](-c1cc(-c3c(C(C)C)cc(C(C)C)cc3C(C)C)cc(-[n+]3[c-]n(C)c4ccccc43)c1)[c-]n2C. The number of fused-ring (bicyclic) bond motifs is 2. The normalized spacial score (nSPS) is 12.1. The van der Waals surface area contributed by atoms with E-state index < -0.39 is 0 Å². The molecule has 0 radical (unpaired) electrons. The van der Waals surface area contributed by atoms with E-state index in [1.54, 1.807) is 0 Å². The first-order valence-electron chi connectivity index (χ1n) is 15.6. The first-order chi connectivity index (χ1) is 20.4. The van der Waals surface area contributed by atoms with Gasteiger partial charge in [-0.05, 0) is 59.4 Å². The quantitative estimate of drug-likeness (QED) is 0.142. The first kappa shape index (κ1) is 28.9. The average Bonchev–Trinajstić information content (AvgIpc) is 3.48. The Labute approximate surface area is 256 Å². The van der Waals surface area contributed by atoms with E-state index in [-0.39, 0.29) is 0 Å². The number of imidazole rings is 2. The van der Waals surface area contributed by atoms with E-state index in [9.17, 15) is 0 Å². The van der Waals surface area contributed by atoms with Gasteiger partial charge in [-0.1, -0.05) is 119 Å². The van der Waals surface area contributed by atoms with Crippen molar-refractivity contribution in [1.82, 2.24) is 9.13 Å². The third-order valence-electron chi connectivity index (χ3n) is 9.02. The summed E-state index contributed by atoms with van der Waals surface area (Å²) in [6.45, 7) is 18.3. The second kappa shape index (κ2) is 10.8. The zero-order valence-corrected chi connectivity index (χ0v) is 27.4. The number of nitrogens with zero attached hydrogens (tertiary/aromatic N) is 4. The van der Waals surface area contributed by atoms with Gasteiger partial charge < -0.3 is 18.3 Å². The number of aryl methyl sites for hydroxylation is 4. The van der Waals surface area contributed by atoms with Crippen molar-refractivity contribution in [2.24, 2.45) is 14.1 Å². The lowest BCUT2D eigenvalue weighted by molar-refractivity contribution is -0.581. The molecule has 4 nitrogen and oxygen atoms in total. The number of benzene rings is 4. The molecule has 0 spiro atoms. The molecular formula is C39H44N4. The van der Waals surface area contributed by atoms with E-state index >= 15 is 0 Å². The van der Waals surface area contributed by atoms with Gasteiger partial charge in [-0.15, -0.1) is 0 Å². The van der Waals surface area contributed by atoms with Gasteiger partial charge in [-0.3, -0.25) is 0 Å². The van der Waals surface area contributed by atoms with Crippen LogP contribution in [-0.4, -0.2) is 9.13 Å². The molecule has 2 aromatic heterocycles. The maximum Gasteiger partial charge on any atom is 0.244 e. The molecule has 220 valence electrons. The van der Waals surface area contributed by atoms with Crippen molar-refractivity contribution in [3.8, 4) is 22.5 Å². The predicted octanol–water partition coefficient (Wildman–Crippen LogP) is 8.48. The molecule has 0 aliphatic heterocycles. The Hall–Kier alpha value is -4.18. The Kier molecular flexibility index (Phi) is 7.28. The van der Waals surface area contributed by atoms with Crippen LogP contribution in [-0.2, 0) is 14.1 Å². The summed E-state index contributed by atoms with van der Waals surface area (Å²) in [5, 5.41) is 0. The number of hydrogen-bond acceptors (Lipinski definition) is 0. The van der Waals surface area contributed by atoms with Crippen LogP contribution in [0, 0.1) is 26.5 Å². The molecule has 4 aromatic carbocycles. The molecule has 0 bridgehead atoms. The number of rotatable bonds is 6. The van der Waals surface area contributed by atoms with E-state index in [0.717, 1.165) is 27.9 Å². The summed E-state index contributed by atoms with van der Waals surface area (Å²) in [5.41, 5.74) is 16.2. The minimum Gasteiger partial charge on any atom is -0.320 e. The van der Waals surface area contributed by atoms with E-state index in [4.69, 9.17) is 0 Å². The standard InChI is InChI=1S/C39H44N4/c1-24(2)29-19-33(25(3)4)39(34(20-29)26(5)6)30-17-31(42-22-40(9)35-13-11-12-14-36(35)42)21-32(18-30)43-23-41(10)37-15-27(7)28(8)16-38(37)43/h11-21,24-26H,1-10H3. The van der Waals surface area contributed by atoms with Crippen molar-refractivity contribution in [3.05, 3.63) is 107 Å². The third kappa shape index (κ3) is 4.97. The third-order valence-corrected chi connectivity index (χ3v) is 9.02. The molecule has 6 rings (SSSR count). The van der Waals surface area contributed by atoms with Gasteiger partial charge >= 0.3 is 0 Å².